The Morgan fingerprint density at radius 3 is 2.79 bits per heavy atom. The number of hydrogen-bond acceptors (Lipinski definition) is 9. The highest BCUT2D eigenvalue weighted by molar-refractivity contribution is 5.88. The van der Waals surface area contributed by atoms with Crippen LogP contribution in [0.2, 0.25) is 0 Å². The second kappa shape index (κ2) is 10.5. The van der Waals surface area contributed by atoms with Crippen molar-refractivity contribution < 1.29 is 14.6 Å². The molecule has 0 aliphatic carbocycles. The lowest BCUT2D eigenvalue weighted by atomic mass is 9.86. The predicted molar refractivity (Wildman–Crippen MR) is 129 cm³/mol. The summed E-state index contributed by atoms with van der Waals surface area (Å²) < 4.78 is 11.1. The Balaban J connectivity index is 1.67. The molecule has 4 rings (SSSR count). The van der Waals surface area contributed by atoms with Crippen molar-refractivity contribution in [1.82, 2.24) is 15.3 Å². The summed E-state index contributed by atoms with van der Waals surface area (Å²) in [5.41, 5.74) is 4.19. The van der Waals surface area contributed by atoms with Crippen LogP contribution in [0, 0.1) is 12.3 Å². The van der Waals surface area contributed by atoms with E-state index >= 15 is 0 Å². The SMILES string of the molecule is COc1nc(Nc2cc(C3CCNCC3)c(C)cc2C=N)cc(N2CCOC(CO)C2C)n1. The molecule has 1 aromatic heterocycles. The summed E-state index contributed by atoms with van der Waals surface area (Å²) in [6.45, 7) is 7.32. The number of ether oxygens (including phenoxy) is 2. The van der Waals surface area contributed by atoms with Crippen molar-refractivity contribution >= 4 is 23.5 Å². The summed E-state index contributed by atoms with van der Waals surface area (Å²) in [7, 11) is 1.55. The number of methoxy groups -OCH3 is 1. The van der Waals surface area contributed by atoms with Crippen molar-refractivity contribution in [2.75, 3.05) is 50.2 Å². The van der Waals surface area contributed by atoms with Crippen LogP contribution in [0.15, 0.2) is 18.2 Å². The Kier molecular flexibility index (Phi) is 7.42. The normalized spacial score (nSPS) is 21.6. The van der Waals surface area contributed by atoms with Crippen LogP contribution in [0.1, 0.15) is 42.4 Å². The van der Waals surface area contributed by atoms with Crippen LogP contribution in [0.3, 0.4) is 0 Å². The first kappa shape index (κ1) is 23.4. The maximum Gasteiger partial charge on any atom is 0.320 e. The van der Waals surface area contributed by atoms with E-state index in [0.717, 1.165) is 37.2 Å². The first-order chi connectivity index (χ1) is 16.0. The minimum Gasteiger partial charge on any atom is -0.467 e. The lowest BCUT2D eigenvalue weighted by molar-refractivity contribution is -0.0184. The summed E-state index contributed by atoms with van der Waals surface area (Å²) in [5, 5.41) is 24.4. The molecule has 9 heteroatoms. The first-order valence-corrected chi connectivity index (χ1v) is 11.6. The summed E-state index contributed by atoms with van der Waals surface area (Å²) in [6.07, 6.45) is 3.31. The van der Waals surface area contributed by atoms with Crippen LogP contribution >= 0.6 is 0 Å². The molecule has 0 radical (unpaired) electrons. The number of aryl methyl sites for hydroxylation is 1. The Bertz CT molecular complexity index is 979. The zero-order valence-electron chi connectivity index (χ0n) is 19.6. The van der Waals surface area contributed by atoms with Crippen LogP contribution in [0.5, 0.6) is 6.01 Å². The number of nitrogens with one attached hydrogen (secondary N) is 3. The fourth-order valence-corrected chi connectivity index (χ4v) is 4.78. The van der Waals surface area contributed by atoms with Gasteiger partial charge in [-0.2, -0.15) is 9.97 Å². The molecule has 0 amide bonds. The number of aromatic nitrogens is 2. The average Bonchev–Trinajstić information content (AvgIpc) is 2.85. The van der Waals surface area contributed by atoms with Crippen molar-refractivity contribution in [3.05, 3.63) is 34.9 Å². The summed E-state index contributed by atoms with van der Waals surface area (Å²) in [5.74, 6) is 1.81. The van der Waals surface area contributed by atoms with Crippen molar-refractivity contribution in [2.24, 2.45) is 0 Å². The van der Waals surface area contributed by atoms with Gasteiger partial charge in [-0.05, 0) is 69.0 Å². The largest absolute Gasteiger partial charge is 0.467 e. The smallest absolute Gasteiger partial charge is 0.320 e. The molecule has 9 nitrogen and oxygen atoms in total. The third kappa shape index (κ3) is 5.10. The number of nitrogens with zero attached hydrogens (tertiary/aromatic N) is 3. The first-order valence-electron chi connectivity index (χ1n) is 11.6. The molecule has 2 saturated heterocycles. The van der Waals surface area contributed by atoms with Crippen LogP contribution in [-0.4, -0.2) is 73.4 Å². The van der Waals surface area contributed by atoms with E-state index in [1.807, 2.05) is 13.0 Å². The molecular formula is C24H34N6O3. The van der Waals surface area contributed by atoms with E-state index in [1.165, 1.54) is 17.3 Å². The van der Waals surface area contributed by atoms with Gasteiger partial charge in [0.05, 0.1) is 26.4 Å². The van der Waals surface area contributed by atoms with E-state index in [9.17, 15) is 5.11 Å². The fourth-order valence-electron chi connectivity index (χ4n) is 4.78. The number of aliphatic hydroxyl groups is 1. The van der Waals surface area contributed by atoms with E-state index < -0.39 is 0 Å². The monoisotopic (exact) mass is 454 g/mol. The molecule has 2 aliphatic rings. The lowest BCUT2D eigenvalue weighted by Gasteiger charge is -2.39. The molecule has 2 atom stereocenters. The average molecular weight is 455 g/mol. The summed E-state index contributed by atoms with van der Waals surface area (Å²) in [6, 6.07) is 6.34. The van der Waals surface area contributed by atoms with Gasteiger partial charge in [-0.25, -0.2) is 0 Å². The molecule has 1 aromatic carbocycles. The standard InChI is InChI=1S/C24H34N6O3/c1-15-10-18(13-25)20(11-19(15)17-4-6-26-7-5-17)27-22-12-23(29-24(28-22)32-3)30-8-9-33-21(14-31)16(30)2/h10-13,16-17,21,25-26,31H,4-9,14H2,1-3H3,(H,27,28,29). The molecule has 2 fully saturated rings. The van der Waals surface area contributed by atoms with Gasteiger partial charge in [-0.15, -0.1) is 0 Å². The Labute approximate surface area is 195 Å². The maximum atomic E-state index is 9.64. The number of hydrogen-bond donors (Lipinski definition) is 4. The number of aliphatic hydroxyl groups excluding tert-OH is 1. The van der Waals surface area contributed by atoms with Crippen LogP contribution in [-0.2, 0) is 4.74 Å². The van der Waals surface area contributed by atoms with E-state index in [4.69, 9.17) is 14.9 Å². The van der Waals surface area contributed by atoms with Gasteiger partial charge < -0.3 is 35.5 Å². The molecule has 2 aromatic rings. The molecular weight excluding hydrogens is 420 g/mol. The van der Waals surface area contributed by atoms with Gasteiger partial charge in [0.25, 0.3) is 0 Å². The van der Waals surface area contributed by atoms with Gasteiger partial charge in [-0.3, -0.25) is 0 Å². The van der Waals surface area contributed by atoms with Gasteiger partial charge in [0.1, 0.15) is 17.7 Å². The zero-order valence-corrected chi connectivity index (χ0v) is 19.6. The van der Waals surface area contributed by atoms with Crippen molar-refractivity contribution in [3.63, 3.8) is 0 Å². The van der Waals surface area contributed by atoms with E-state index in [2.05, 4.69) is 44.6 Å². The summed E-state index contributed by atoms with van der Waals surface area (Å²) >= 11 is 0. The topological polar surface area (TPSA) is 116 Å². The van der Waals surface area contributed by atoms with Crippen molar-refractivity contribution in [3.8, 4) is 6.01 Å². The minimum absolute atomic E-state index is 0.0424. The number of anilines is 3. The molecule has 0 saturated carbocycles. The third-order valence-corrected chi connectivity index (χ3v) is 6.68. The van der Waals surface area contributed by atoms with Crippen LogP contribution in [0.25, 0.3) is 0 Å². The molecule has 33 heavy (non-hydrogen) atoms. The quantitative estimate of drug-likeness (QED) is 0.472. The number of morpholine rings is 1. The Morgan fingerprint density at radius 2 is 2.09 bits per heavy atom. The van der Waals surface area contributed by atoms with E-state index in [0.29, 0.717) is 30.7 Å². The maximum absolute atomic E-state index is 9.64. The Hall–Kier alpha value is -2.75. The van der Waals surface area contributed by atoms with Crippen molar-refractivity contribution in [2.45, 2.75) is 44.8 Å². The highest BCUT2D eigenvalue weighted by atomic mass is 16.5. The number of benzene rings is 1. The second-order valence-corrected chi connectivity index (χ2v) is 8.71. The van der Waals surface area contributed by atoms with Gasteiger partial charge in [0.15, 0.2) is 0 Å². The highest BCUT2D eigenvalue weighted by Crippen LogP contribution is 2.33. The second-order valence-electron chi connectivity index (χ2n) is 8.71. The van der Waals surface area contributed by atoms with Crippen LogP contribution in [0.4, 0.5) is 17.3 Å². The lowest BCUT2D eigenvalue weighted by Crippen LogP contribution is -2.51. The predicted octanol–water partition coefficient (Wildman–Crippen LogP) is 2.59. The number of piperidine rings is 1. The summed E-state index contributed by atoms with van der Waals surface area (Å²) in [4.78, 5) is 11.2. The zero-order chi connectivity index (χ0) is 23.4. The molecule has 0 bridgehead atoms. The van der Waals surface area contributed by atoms with E-state index in [1.54, 1.807) is 7.11 Å². The molecule has 3 heterocycles. The molecule has 2 unspecified atom stereocenters. The van der Waals surface area contributed by atoms with E-state index in [-0.39, 0.29) is 24.8 Å². The highest BCUT2D eigenvalue weighted by Gasteiger charge is 2.30. The fraction of sp³-hybridized carbons (Fsp3) is 0.542. The van der Waals surface area contributed by atoms with Gasteiger partial charge in [0, 0.05) is 30.1 Å². The van der Waals surface area contributed by atoms with Gasteiger partial charge >= 0.3 is 6.01 Å². The molecule has 2 aliphatic heterocycles. The molecule has 0 spiro atoms. The molecule has 178 valence electrons. The van der Waals surface area contributed by atoms with Gasteiger partial charge in [0.2, 0.25) is 0 Å². The third-order valence-electron chi connectivity index (χ3n) is 6.68. The van der Waals surface area contributed by atoms with Crippen molar-refractivity contribution in [1.29, 1.82) is 5.41 Å². The molecule has 4 N–H and O–H groups in total. The van der Waals surface area contributed by atoms with Gasteiger partial charge in [-0.1, -0.05) is 0 Å². The minimum atomic E-state index is -0.273. The number of rotatable bonds is 7. The Morgan fingerprint density at radius 1 is 1.30 bits per heavy atom. The van der Waals surface area contributed by atoms with Crippen LogP contribution < -0.4 is 20.3 Å².